The highest BCUT2D eigenvalue weighted by Gasteiger charge is 2.36. The predicted molar refractivity (Wildman–Crippen MR) is 97.6 cm³/mol. The largest absolute Gasteiger partial charge is 0.396 e. The van der Waals surface area contributed by atoms with Gasteiger partial charge in [-0.2, -0.15) is 5.10 Å². The topological polar surface area (TPSA) is 70.8 Å². The van der Waals surface area contributed by atoms with Crippen LogP contribution in [0.5, 0.6) is 0 Å². The van der Waals surface area contributed by atoms with Crippen molar-refractivity contribution >= 4 is 16.8 Å². The highest BCUT2D eigenvalue weighted by Crippen LogP contribution is 2.25. The van der Waals surface area contributed by atoms with Crippen LogP contribution in [0.25, 0.3) is 10.9 Å². The van der Waals surface area contributed by atoms with E-state index in [1.54, 1.807) is 4.68 Å². The summed E-state index contributed by atoms with van der Waals surface area (Å²) in [6.07, 6.45) is 1.91. The fourth-order valence-electron chi connectivity index (χ4n) is 4.01. The normalized spacial score (nSPS) is 24.4. The monoisotopic (exact) mass is 358 g/mol. The van der Waals surface area contributed by atoms with E-state index in [-0.39, 0.29) is 25.0 Å². The molecule has 26 heavy (non-hydrogen) atoms. The molecule has 2 aliphatic rings. The molecule has 7 nitrogen and oxygen atoms in total. The van der Waals surface area contributed by atoms with Crippen LogP contribution in [0.1, 0.15) is 0 Å². The van der Waals surface area contributed by atoms with Crippen molar-refractivity contribution in [3.63, 3.8) is 0 Å². The van der Waals surface area contributed by atoms with Crippen molar-refractivity contribution < 1.29 is 14.6 Å². The van der Waals surface area contributed by atoms with E-state index in [1.165, 1.54) is 0 Å². The molecule has 7 heteroatoms. The third-order valence-electron chi connectivity index (χ3n) is 5.52. The molecule has 2 saturated heterocycles. The van der Waals surface area contributed by atoms with E-state index in [4.69, 9.17) is 4.74 Å². The molecular weight excluding hydrogens is 332 g/mol. The fraction of sp³-hybridized carbons (Fsp3) is 0.579. The van der Waals surface area contributed by atoms with E-state index in [2.05, 4.69) is 10.00 Å². The highest BCUT2D eigenvalue weighted by atomic mass is 16.5. The number of nitrogens with zero attached hydrogens (tertiary/aromatic N) is 4. The number of fused-ring (bicyclic) bond motifs is 1. The molecule has 2 atom stereocenters. The Hall–Kier alpha value is -1.96. The molecule has 140 valence electrons. The number of aromatic nitrogens is 2. The van der Waals surface area contributed by atoms with E-state index >= 15 is 0 Å². The average Bonchev–Trinajstić information content (AvgIpc) is 3.25. The molecule has 0 aliphatic carbocycles. The molecule has 2 fully saturated rings. The molecule has 2 aliphatic heterocycles. The van der Waals surface area contributed by atoms with Gasteiger partial charge in [0.15, 0.2) is 0 Å². The summed E-state index contributed by atoms with van der Waals surface area (Å²) in [7, 11) is 0. The van der Waals surface area contributed by atoms with E-state index in [1.807, 2.05) is 35.4 Å². The molecule has 1 aromatic carbocycles. The molecule has 1 N–H and O–H groups in total. The molecule has 0 bridgehead atoms. The fourth-order valence-corrected chi connectivity index (χ4v) is 4.01. The number of carbonyl (C=O) groups excluding carboxylic acids is 1. The first-order valence-corrected chi connectivity index (χ1v) is 9.34. The molecule has 2 aromatic rings. The highest BCUT2D eigenvalue weighted by molar-refractivity contribution is 5.80. The molecule has 3 heterocycles. The van der Waals surface area contributed by atoms with Crippen LogP contribution in [-0.4, -0.2) is 83.1 Å². The lowest BCUT2D eigenvalue weighted by molar-refractivity contribution is -0.131. The number of amides is 1. The summed E-state index contributed by atoms with van der Waals surface area (Å²) in [6.45, 7) is 6.04. The summed E-state index contributed by atoms with van der Waals surface area (Å²) in [5, 5.41) is 15.3. The number of aliphatic hydroxyl groups is 1. The molecule has 0 saturated carbocycles. The van der Waals surface area contributed by atoms with Crippen molar-refractivity contribution in [1.82, 2.24) is 19.6 Å². The Labute approximate surface area is 153 Å². The number of carbonyl (C=O) groups is 1. The Balaban J connectivity index is 1.38. The van der Waals surface area contributed by atoms with E-state index in [0.29, 0.717) is 19.0 Å². The summed E-state index contributed by atoms with van der Waals surface area (Å²) in [5.74, 6) is 0.540. The van der Waals surface area contributed by atoms with Gasteiger partial charge in [-0.3, -0.25) is 14.4 Å². The third kappa shape index (κ3) is 3.75. The smallest absolute Gasteiger partial charge is 0.244 e. The lowest BCUT2D eigenvalue weighted by atomic mass is 9.96. The van der Waals surface area contributed by atoms with Crippen molar-refractivity contribution in [2.75, 3.05) is 52.5 Å². The number of hydrogen-bond acceptors (Lipinski definition) is 5. The maximum atomic E-state index is 12.7. The van der Waals surface area contributed by atoms with Gasteiger partial charge in [0, 0.05) is 56.8 Å². The lowest BCUT2D eigenvalue weighted by Crippen LogP contribution is -2.41. The molecule has 0 unspecified atom stereocenters. The minimum absolute atomic E-state index is 0.0701. The number of hydrogen-bond donors (Lipinski definition) is 1. The minimum Gasteiger partial charge on any atom is -0.396 e. The van der Waals surface area contributed by atoms with Gasteiger partial charge in [0.25, 0.3) is 0 Å². The molecule has 0 radical (unpaired) electrons. The molecule has 0 spiro atoms. The van der Waals surface area contributed by atoms with Crippen molar-refractivity contribution in [2.45, 2.75) is 6.54 Å². The third-order valence-corrected chi connectivity index (χ3v) is 5.52. The Morgan fingerprint density at radius 3 is 2.73 bits per heavy atom. The van der Waals surface area contributed by atoms with E-state index in [0.717, 1.165) is 43.8 Å². The van der Waals surface area contributed by atoms with Crippen LogP contribution in [0.15, 0.2) is 30.5 Å². The summed E-state index contributed by atoms with van der Waals surface area (Å²) in [4.78, 5) is 17.0. The second-order valence-corrected chi connectivity index (χ2v) is 7.30. The number of ether oxygens (including phenoxy) is 1. The van der Waals surface area contributed by atoms with Crippen LogP contribution in [0.3, 0.4) is 0 Å². The predicted octanol–water partition coefficient (Wildman–Crippen LogP) is 0.435. The van der Waals surface area contributed by atoms with Crippen molar-refractivity contribution in [1.29, 1.82) is 0 Å². The Kier molecular flexibility index (Phi) is 5.19. The maximum absolute atomic E-state index is 12.7. The van der Waals surface area contributed by atoms with Crippen molar-refractivity contribution in [2.24, 2.45) is 11.8 Å². The van der Waals surface area contributed by atoms with Crippen LogP contribution in [0.4, 0.5) is 0 Å². The zero-order valence-corrected chi connectivity index (χ0v) is 15.0. The van der Waals surface area contributed by atoms with Gasteiger partial charge in [-0.1, -0.05) is 18.2 Å². The van der Waals surface area contributed by atoms with Crippen LogP contribution in [-0.2, 0) is 16.1 Å². The van der Waals surface area contributed by atoms with Crippen LogP contribution in [0, 0.1) is 11.8 Å². The quantitative estimate of drug-likeness (QED) is 0.840. The summed E-state index contributed by atoms with van der Waals surface area (Å²) in [5.41, 5.74) is 0.903. The Morgan fingerprint density at radius 2 is 1.96 bits per heavy atom. The van der Waals surface area contributed by atoms with Gasteiger partial charge in [-0.15, -0.1) is 0 Å². The average molecular weight is 358 g/mol. The van der Waals surface area contributed by atoms with Crippen LogP contribution < -0.4 is 0 Å². The van der Waals surface area contributed by atoms with Gasteiger partial charge < -0.3 is 14.7 Å². The number of likely N-dealkylation sites (tertiary alicyclic amines) is 1. The number of aliphatic hydroxyl groups excluding tert-OH is 1. The van der Waals surface area contributed by atoms with Gasteiger partial charge in [0.2, 0.25) is 5.91 Å². The first-order valence-electron chi connectivity index (χ1n) is 9.34. The SMILES string of the molecule is O=C(Cn1cc2ccccc2n1)N1C[C@@H](CN2CCOCC2)[C@@H](CO)C1. The number of benzene rings is 1. The van der Waals surface area contributed by atoms with Crippen LogP contribution >= 0.6 is 0 Å². The molecule has 1 amide bonds. The van der Waals surface area contributed by atoms with Gasteiger partial charge in [-0.25, -0.2) is 0 Å². The molecular formula is C19H26N4O3. The lowest BCUT2D eigenvalue weighted by Gasteiger charge is -2.30. The van der Waals surface area contributed by atoms with E-state index in [9.17, 15) is 9.90 Å². The van der Waals surface area contributed by atoms with Gasteiger partial charge in [0.05, 0.1) is 18.7 Å². The first-order chi connectivity index (χ1) is 12.7. The first kappa shape index (κ1) is 17.5. The van der Waals surface area contributed by atoms with E-state index < -0.39 is 0 Å². The van der Waals surface area contributed by atoms with Crippen molar-refractivity contribution in [3.05, 3.63) is 30.5 Å². The van der Waals surface area contributed by atoms with Crippen LogP contribution in [0.2, 0.25) is 0 Å². The molecule has 4 rings (SSSR count). The summed E-state index contributed by atoms with van der Waals surface area (Å²) >= 11 is 0. The van der Waals surface area contributed by atoms with Gasteiger partial charge >= 0.3 is 0 Å². The Bertz CT molecular complexity index is 723. The maximum Gasteiger partial charge on any atom is 0.244 e. The summed E-state index contributed by atoms with van der Waals surface area (Å²) in [6, 6.07) is 7.87. The summed E-state index contributed by atoms with van der Waals surface area (Å²) < 4.78 is 7.12. The second kappa shape index (κ2) is 7.73. The second-order valence-electron chi connectivity index (χ2n) is 7.30. The minimum atomic E-state index is 0.0701. The number of rotatable bonds is 5. The zero-order chi connectivity index (χ0) is 17.9. The Morgan fingerprint density at radius 1 is 1.19 bits per heavy atom. The van der Waals surface area contributed by atoms with Gasteiger partial charge in [0.1, 0.15) is 6.54 Å². The zero-order valence-electron chi connectivity index (χ0n) is 15.0. The molecule has 1 aromatic heterocycles. The van der Waals surface area contributed by atoms with Crippen molar-refractivity contribution in [3.8, 4) is 0 Å². The standard InChI is InChI=1S/C19H26N4O3/c24-14-17-11-22(10-16(17)9-21-5-7-26-8-6-21)19(25)13-23-12-15-3-1-2-4-18(15)20-23/h1-4,12,16-17,24H,5-11,13-14H2/t16-,17-/m1/s1. The number of morpholine rings is 1. The van der Waals surface area contributed by atoms with Gasteiger partial charge in [-0.05, 0) is 12.0 Å².